The van der Waals surface area contributed by atoms with Crippen LogP contribution in [-0.2, 0) is 5.11 Å². The molecule has 4 N–H and O–H groups in total. The van der Waals surface area contributed by atoms with E-state index in [1.807, 2.05) is 0 Å². The molecule has 0 spiro atoms. The van der Waals surface area contributed by atoms with Gasteiger partial charge in [-0.05, 0) is 30.3 Å². The first kappa shape index (κ1) is 15.1. The number of ether oxygens (including phenoxy) is 1. The molecule has 0 bridgehead atoms. The highest BCUT2D eigenvalue weighted by Gasteiger charge is 2.06. The Labute approximate surface area is 123 Å². The van der Waals surface area contributed by atoms with Crippen molar-refractivity contribution in [1.82, 2.24) is 10.3 Å². The van der Waals surface area contributed by atoms with Gasteiger partial charge in [0.2, 0.25) is 0 Å². The van der Waals surface area contributed by atoms with Gasteiger partial charge >= 0.3 is 0 Å². The van der Waals surface area contributed by atoms with Crippen LogP contribution in [0.15, 0.2) is 42.6 Å². The molecule has 0 saturated heterocycles. The van der Waals surface area contributed by atoms with Crippen LogP contribution in [0.1, 0.15) is 11.7 Å². The Morgan fingerprint density at radius 1 is 1.24 bits per heavy atom. The summed E-state index contributed by atoms with van der Waals surface area (Å²) in [6.07, 6.45) is 0.917. The lowest BCUT2D eigenvalue weighted by Crippen LogP contribution is -2.26. The summed E-state index contributed by atoms with van der Waals surface area (Å²) in [7, 11) is 0. The maximum absolute atomic E-state index is 10.9. The summed E-state index contributed by atoms with van der Waals surface area (Å²) in [4.78, 5) is 3.93. The molecule has 1 unspecified atom stereocenters. The van der Waals surface area contributed by atoms with Gasteiger partial charge in [0, 0.05) is 24.8 Å². The Balaban J connectivity index is 1.65. The monoisotopic (exact) mass is 288 g/mol. The Morgan fingerprint density at radius 2 is 2.00 bits per heavy atom. The second kappa shape index (κ2) is 7.47. The zero-order chi connectivity index (χ0) is 15.1. The second-order valence-corrected chi connectivity index (χ2v) is 4.56. The summed E-state index contributed by atoms with van der Waals surface area (Å²) in [5, 5.41) is 23.9. The zero-order valence-electron chi connectivity index (χ0n) is 11.5. The van der Waals surface area contributed by atoms with Gasteiger partial charge in [0.05, 0.1) is 6.10 Å². The van der Waals surface area contributed by atoms with E-state index < -0.39 is 6.10 Å². The van der Waals surface area contributed by atoms with Crippen LogP contribution in [0.2, 0.25) is 0 Å². The first-order valence-electron chi connectivity index (χ1n) is 6.65. The van der Waals surface area contributed by atoms with E-state index in [2.05, 4.69) is 10.3 Å². The van der Waals surface area contributed by atoms with Crippen molar-refractivity contribution >= 4 is 5.82 Å². The van der Waals surface area contributed by atoms with Crippen LogP contribution in [0.25, 0.3) is 0 Å². The fourth-order valence-electron chi connectivity index (χ4n) is 1.75. The summed E-state index contributed by atoms with van der Waals surface area (Å²) in [5.41, 5.74) is 6.20. The van der Waals surface area contributed by atoms with Crippen LogP contribution in [0, 0.1) is 0 Å². The van der Waals surface area contributed by atoms with E-state index in [4.69, 9.17) is 10.5 Å². The molecule has 0 aliphatic rings. The molecule has 6 heteroatoms. The Bertz CT molecular complexity index is 543. The lowest BCUT2D eigenvalue weighted by molar-refractivity contribution is 0.171. The smallest absolute Gasteiger partial charge is 0.178 e. The van der Waals surface area contributed by atoms with Gasteiger partial charge in [0.15, 0.2) is 5.75 Å². The van der Waals surface area contributed by atoms with E-state index >= 15 is 0 Å². The van der Waals surface area contributed by atoms with Crippen LogP contribution >= 0.6 is 0 Å². The van der Waals surface area contributed by atoms with Gasteiger partial charge in [0.25, 0.3) is 0 Å². The number of nitrogens with two attached hydrogens (primary N) is 1. The summed E-state index contributed by atoms with van der Waals surface area (Å²) in [6.45, 7) is 1.43. The molecule has 1 radical (unpaired) electrons. The molecule has 21 heavy (non-hydrogen) atoms. The Hall–Kier alpha value is -2.31. The van der Waals surface area contributed by atoms with Crippen LogP contribution in [0.3, 0.4) is 0 Å². The number of aliphatic hydroxyl groups is 1. The number of aromatic nitrogens is 1. The highest BCUT2D eigenvalue weighted by Crippen LogP contribution is 2.16. The summed E-state index contributed by atoms with van der Waals surface area (Å²) in [6, 6.07) is 9.59. The van der Waals surface area contributed by atoms with E-state index in [1.165, 1.54) is 12.1 Å². The molecule has 1 aromatic heterocycles. The van der Waals surface area contributed by atoms with E-state index in [9.17, 15) is 10.2 Å². The number of anilines is 1. The van der Waals surface area contributed by atoms with Gasteiger partial charge in [-0.3, -0.25) is 5.11 Å². The molecule has 0 amide bonds. The summed E-state index contributed by atoms with van der Waals surface area (Å²) < 4.78 is 5.45. The van der Waals surface area contributed by atoms with Gasteiger partial charge in [-0.1, -0.05) is 6.07 Å². The van der Waals surface area contributed by atoms with Crippen LogP contribution < -0.4 is 15.8 Å². The predicted octanol–water partition coefficient (Wildman–Crippen LogP) is 1.51. The lowest BCUT2D eigenvalue weighted by Gasteiger charge is -2.12. The van der Waals surface area contributed by atoms with Gasteiger partial charge in [-0.15, -0.1) is 0 Å². The van der Waals surface area contributed by atoms with Crippen molar-refractivity contribution in [3.63, 3.8) is 0 Å². The van der Waals surface area contributed by atoms with Crippen LogP contribution in [0.5, 0.6) is 11.5 Å². The van der Waals surface area contributed by atoms with Crippen LogP contribution in [-0.4, -0.2) is 29.8 Å². The van der Waals surface area contributed by atoms with E-state index in [0.717, 1.165) is 0 Å². The van der Waals surface area contributed by atoms with E-state index in [1.54, 1.807) is 30.5 Å². The number of aliphatic hydroxyl groups excluding tert-OH is 1. The number of rotatable bonds is 7. The van der Waals surface area contributed by atoms with E-state index in [0.29, 0.717) is 36.8 Å². The second-order valence-electron chi connectivity index (χ2n) is 4.56. The normalized spacial score (nSPS) is 12.0. The Kier molecular flexibility index (Phi) is 5.36. The molecule has 111 valence electrons. The van der Waals surface area contributed by atoms with E-state index in [-0.39, 0.29) is 5.75 Å². The van der Waals surface area contributed by atoms with Crippen molar-refractivity contribution < 1.29 is 14.9 Å². The number of nitrogen functional groups attached to an aromatic ring is 1. The fraction of sp³-hybridized carbons (Fsp3) is 0.267. The molecule has 0 saturated carbocycles. The molecular weight excluding hydrogens is 270 g/mol. The minimum atomic E-state index is -0.641. The first-order chi connectivity index (χ1) is 10.1. The molecule has 0 aliphatic heterocycles. The van der Waals surface area contributed by atoms with Gasteiger partial charge in [0.1, 0.15) is 18.2 Å². The number of nitrogens with one attached hydrogen (secondary N) is 1. The maximum atomic E-state index is 10.9. The van der Waals surface area contributed by atoms with Crippen LogP contribution in [0.4, 0.5) is 5.82 Å². The number of hydrogen-bond acceptors (Lipinski definition) is 5. The van der Waals surface area contributed by atoms with Crippen molar-refractivity contribution in [2.75, 3.05) is 25.4 Å². The number of nitrogens with zero attached hydrogens (tertiary/aromatic N) is 1. The van der Waals surface area contributed by atoms with Gasteiger partial charge in [-0.2, -0.15) is 0 Å². The summed E-state index contributed by atoms with van der Waals surface area (Å²) in [5.74, 6) is 1.04. The molecular formula is C15H18N3O3. The minimum Gasteiger partial charge on any atom is -0.492 e. The molecule has 1 aromatic carbocycles. The molecule has 2 rings (SSSR count). The third kappa shape index (κ3) is 4.94. The van der Waals surface area contributed by atoms with Crippen molar-refractivity contribution in [3.05, 3.63) is 48.2 Å². The van der Waals surface area contributed by atoms with Gasteiger partial charge in [-0.25, -0.2) is 4.98 Å². The highest BCUT2D eigenvalue weighted by molar-refractivity contribution is 5.30. The SMILES string of the molecule is Nc1ccc(C(O)CNCCOc2ccc([O])cc2)cn1. The molecule has 0 aliphatic carbocycles. The molecule has 6 nitrogen and oxygen atoms in total. The molecule has 0 fully saturated rings. The lowest BCUT2D eigenvalue weighted by atomic mass is 10.1. The maximum Gasteiger partial charge on any atom is 0.178 e. The van der Waals surface area contributed by atoms with Gasteiger partial charge < -0.3 is 20.9 Å². The molecule has 1 heterocycles. The third-order valence-corrected chi connectivity index (χ3v) is 2.90. The van der Waals surface area contributed by atoms with Crippen molar-refractivity contribution in [1.29, 1.82) is 0 Å². The average Bonchev–Trinajstić information content (AvgIpc) is 2.49. The molecule has 1 atom stereocenters. The quantitative estimate of drug-likeness (QED) is 0.670. The number of benzene rings is 1. The highest BCUT2D eigenvalue weighted by atomic mass is 16.5. The van der Waals surface area contributed by atoms with Crippen molar-refractivity contribution in [2.24, 2.45) is 0 Å². The predicted molar refractivity (Wildman–Crippen MR) is 78.5 cm³/mol. The Morgan fingerprint density at radius 3 is 2.67 bits per heavy atom. The number of pyridine rings is 1. The zero-order valence-corrected chi connectivity index (χ0v) is 11.5. The third-order valence-electron chi connectivity index (χ3n) is 2.90. The molecule has 2 aromatic rings. The standard InChI is InChI=1S/C15H18N3O3/c16-15-6-1-11(9-18-15)14(20)10-17-7-8-21-13-4-2-12(19)3-5-13/h1-6,9,14,17,20H,7-8,10H2,(H2,16,18). The fourth-order valence-corrected chi connectivity index (χ4v) is 1.75. The summed E-state index contributed by atoms with van der Waals surface area (Å²) >= 11 is 0. The topological polar surface area (TPSA) is 100 Å². The first-order valence-corrected chi connectivity index (χ1v) is 6.65. The minimum absolute atomic E-state index is 0.0410. The van der Waals surface area contributed by atoms with Crippen molar-refractivity contribution in [2.45, 2.75) is 6.10 Å². The largest absolute Gasteiger partial charge is 0.492 e. The number of hydrogen-bond donors (Lipinski definition) is 3. The average molecular weight is 288 g/mol. The van der Waals surface area contributed by atoms with Crippen molar-refractivity contribution in [3.8, 4) is 11.5 Å².